The predicted octanol–water partition coefficient (Wildman–Crippen LogP) is 1.67. The minimum absolute atomic E-state index is 0.439. The highest BCUT2D eigenvalue weighted by atomic mass is 16.3. The van der Waals surface area contributed by atoms with Crippen LogP contribution in [0.4, 0.5) is 0 Å². The highest BCUT2D eigenvalue weighted by Gasteiger charge is 2.19. The Morgan fingerprint density at radius 1 is 1.35 bits per heavy atom. The van der Waals surface area contributed by atoms with Crippen molar-refractivity contribution in [3.63, 3.8) is 0 Å². The molecule has 0 radical (unpaired) electrons. The Bertz CT molecular complexity index is 345. The van der Waals surface area contributed by atoms with E-state index >= 15 is 0 Å². The number of aliphatic hydroxyl groups excluding tert-OH is 2. The minimum atomic E-state index is -0.702. The van der Waals surface area contributed by atoms with E-state index < -0.39 is 12.2 Å². The van der Waals surface area contributed by atoms with Gasteiger partial charge in [-0.3, -0.25) is 4.68 Å². The summed E-state index contributed by atoms with van der Waals surface area (Å²) in [5.74, 6) is 0. The molecule has 1 aliphatic carbocycles. The van der Waals surface area contributed by atoms with Crippen molar-refractivity contribution in [1.29, 1.82) is 0 Å². The largest absolute Gasteiger partial charge is 0.390 e. The third-order valence-corrected chi connectivity index (χ3v) is 3.64. The summed E-state index contributed by atoms with van der Waals surface area (Å²) >= 11 is 0. The Hall–Kier alpha value is -0.870. The molecule has 1 aromatic rings. The standard InChI is InChI=1S/C13H22N2O2/c1-2-12(16)13(17)9-10-7-8-15(14-10)11-5-3-4-6-11/h7-8,11-13,16-17H,2-6,9H2,1H3. The van der Waals surface area contributed by atoms with Crippen LogP contribution in [0, 0.1) is 0 Å². The molecule has 1 heterocycles. The van der Waals surface area contributed by atoms with Gasteiger partial charge in [-0.15, -0.1) is 0 Å². The maximum absolute atomic E-state index is 9.75. The fraction of sp³-hybridized carbons (Fsp3) is 0.769. The Morgan fingerprint density at radius 3 is 2.71 bits per heavy atom. The monoisotopic (exact) mass is 238 g/mol. The summed E-state index contributed by atoms with van der Waals surface area (Å²) in [4.78, 5) is 0. The molecule has 1 aromatic heterocycles. The second kappa shape index (κ2) is 5.65. The molecule has 4 nitrogen and oxygen atoms in total. The Labute approximate surface area is 102 Å². The van der Waals surface area contributed by atoms with Crippen molar-refractivity contribution < 1.29 is 10.2 Å². The lowest BCUT2D eigenvalue weighted by Crippen LogP contribution is -2.27. The number of aliphatic hydroxyl groups is 2. The number of aromatic nitrogens is 2. The zero-order valence-electron chi connectivity index (χ0n) is 10.4. The Balaban J connectivity index is 1.93. The molecule has 96 valence electrons. The minimum Gasteiger partial charge on any atom is -0.390 e. The van der Waals surface area contributed by atoms with Gasteiger partial charge in [0.2, 0.25) is 0 Å². The zero-order chi connectivity index (χ0) is 12.3. The lowest BCUT2D eigenvalue weighted by atomic mass is 10.1. The molecule has 0 aromatic carbocycles. The van der Waals surface area contributed by atoms with Gasteiger partial charge in [0.15, 0.2) is 0 Å². The molecule has 1 saturated carbocycles. The maximum Gasteiger partial charge on any atom is 0.0854 e. The molecule has 0 spiro atoms. The molecular weight excluding hydrogens is 216 g/mol. The van der Waals surface area contributed by atoms with Crippen LogP contribution in [-0.2, 0) is 6.42 Å². The third-order valence-electron chi connectivity index (χ3n) is 3.64. The van der Waals surface area contributed by atoms with Crippen LogP contribution in [0.5, 0.6) is 0 Å². The summed E-state index contributed by atoms with van der Waals surface area (Å²) in [5.41, 5.74) is 0.872. The average Bonchev–Trinajstić information content (AvgIpc) is 2.97. The van der Waals surface area contributed by atoms with Crippen LogP contribution in [0.3, 0.4) is 0 Å². The van der Waals surface area contributed by atoms with Gasteiger partial charge in [0, 0.05) is 12.6 Å². The quantitative estimate of drug-likeness (QED) is 0.820. The van der Waals surface area contributed by atoms with Crippen LogP contribution in [0.2, 0.25) is 0 Å². The van der Waals surface area contributed by atoms with Crippen molar-refractivity contribution in [1.82, 2.24) is 9.78 Å². The van der Waals surface area contributed by atoms with Crippen molar-refractivity contribution in [3.05, 3.63) is 18.0 Å². The summed E-state index contributed by atoms with van der Waals surface area (Å²) in [6, 6.07) is 2.49. The van der Waals surface area contributed by atoms with E-state index in [0.717, 1.165) is 5.69 Å². The van der Waals surface area contributed by atoms with Crippen LogP contribution < -0.4 is 0 Å². The molecule has 2 rings (SSSR count). The van der Waals surface area contributed by atoms with E-state index in [4.69, 9.17) is 0 Å². The Kier molecular flexibility index (Phi) is 4.18. The molecule has 4 heteroatoms. The predicted molar refractivity (Wildman–Crippen MR) is 65.7 cm³/mol. The summed E-state index contributed by atoms with van der Waals surface area (Å²) in [6.45, 7) is 1.87. The number of hydrogen-bond acceptors (Lipinski definition) is 3. The van der Waals surface area contributed by atoms with Crippen LogP contribution >= 0.6 is 0 Å². The van der Waals surface area contributed by atoms with E-state index in [1.807, 2.05) is 23.9 Å². The normalized spacial score (nSPS) is 20.6. The van der Waals surface area contributed by atoms with E-state index in [2.05, 4.69) is 5.10 Å². The van der Waals surface area contributed by atoms with Crippen molar-refractivity contribution >= 4 is 0 Å². The smallest absolute Gasteiger partial charge is 0.0854 e. The summed E-state index contributed by atoms with van der Waals surface area (Å²) in [6.07, 6.45) is 6.66. The molecule has 0 amide bonds. The van der Waals surface area contributed by atoms with Crippen molar-refractivity contribution in [2.24, 2.45) is 0 Å². The lowest BCUT2D eigenvalue weighted by molar-refractivity contribution is 0.0175. The van der Waals surface area contributed by atoms with Crippen LogP contribution in [0.15, 0.2) is 12.3 Å². The summed E-state index contributed by atoms with van der Waals surface area (Å²) in [7, 11) is 0. The fourth-order valence-corrected chi connectivity index (χ4v) is 2.48. The van der Waals surface area contributed by atoms with Gasteiger partial charge in [0.1, 0.15) is 0 Å². The van der Waals surface area contributed by atoms with Crippen LogP contribution in [0.25, 0.3) is 0 Å². The SMILES string of the molecule is CCC(O)C(O)Cc1ccn(C2CCCC2)n1. The van der Waals surface area contributed by atoms with Gasteiger partial charge in [0.25, 0.3) is 0 Å². The number of hydrogen-bond donors (Lipinski definition) is 2. The molecule has 1 aliphatic rings. The molecule has 2 unspecified atom stereocenters. The second-order valence-corrected chi connectivity index (χ2v) is 4.97. The summed E-state index contributed by atoms with van der Waals surface area (Å²) in [5, 5.41) is 23.8. The number of nitrogens with zero attached hydrogens (tertiary/aromatic N) is 2. The Morgan fingerprint density at radius 2 is 2.06 bits per heavy atom. The lowest BCUT2D eigenvalue weighted by Gasteiger charge is -2.14. The van der Waals surface area contributed by atoms with Gasteiger partial charge < -0.3 is 10.2 Å². The van der Waals surface area contributed by atoms with Gasteiger partial charge in [0.05, 0.1) is 23.9 Å². The van der Waals surface area contributed by atoms with Gasteiger partial charge in [-0.25, -0.2) is 0 Å². The number of rotatable bonds is 5. The second-order valence-electron chi connectivity index (χ2n) is 4.97. The first-order valence-electron chi connectivity index (χ1n) is 6.61. The van der Waals surface area contributed by atoms with E-state index in [1.165, 1.54) is 25.7 Å². The van der Waals surface area contributed by atoms with E-state index in [-0.39, 0.29) is 0 Å². The van der Waals surface area contributed by atoms with Gasteiger partial charge in [-0.2, -0.15) is 5.10 Å². The van der Waals surface area contributed by atoms with Gasteiger partial charge >= 0.3 is 0 Å². The van der Waals surface area contributed by atoms with Crippen molar-refractivity contribution in [2.75, 3.05) is 0 Å². The van der Waals surface area contributed by atoms with Crippen molar-refractivity contribution in [3.8, 4) is 0 Å². The molecule has 0 bridgehead atoms. The first kappa shape index (κ1) is 12.6. The average molecular weight is 238 g/mol. The molecule has 1 fully saturated rings. The molecule has 0 saturated heterocycles. The molecule has 2 N–H and O–H groups in total. The van der Waals surface area contributed by atoms with E-state index in [1.54, 1.807) is 0 Å². The van der Waals surface area contributed by atoms with E-state index in [9.17, 15) is 10.2 Å². The van der Waals surface area contributed by atoms with E-state index in [0.29, 0.717) is 18.9 Å². The van der Waals surface area contributed by atoms with Crippen LogP contribution in [0.1, 0.15) is 50.8 Å². The van der Waals surface area contributed by atoms with Gasteiger partial charge in [-0.05, 0) is 25.3 Å². The maximum atomic E-state index is 9.75. The van der Waals surface area contributed by atoms with Gasteiger partial charge in [-0.1, -0.05) is 19.8 Å². The van der Waals surface area contributed by atoms with Crippen molar-refractivity contribution in [2.45, 2.75) is 63.7 Å². The molecule has 17 heavy (non-hydrogen) atoms. The molecular formula is C13H22N2O2. The first-order chi connectivity index (χ1) is 8.20. The zero-order valence-corrected chi connectivity index (χ0v) is 10.4. The third kappa shape index (κ3) is 3.07. The first-order valence-corrected chi connectivity index (χ1v) is 6.61. The molecule has 2 atom stereocenters. The molecule has 0 aliphatic heterocycles. The topological polar surface area (TPSA) is 58.3 Å². The van der Waals surface area contributed by atoms with Crippen LogP contribution in [-0.4, -0.2) is 32.2 Å². The highest BCUT2D eigenvalue weighted by molar-refractivity contribution is 5.02. The highest BCUT2D eigenvalue weighted by Crippen LogP contribution is 2.28. The summed E-state index contributed by atoms with van der Waals surface area (Å²) < 4.78 is 2.02. The fourth-order valence-electron chi connectivity index (χ4n) is 2.48.